The minimum absolute atomic E-state index is 0.173. The highest BCUT2D eigenvalue weighted by Crippen LogP contribution is 2.40. The summed E-state index contributed by atoms with van der Waals surface area (Å²) in [6.45, 7) is 1.02. The number of rotatable bonds is 3. The first-order valence-electron chi connectivity index (χ1n) is 7.43. The first-order valence-corrected chi connectivity index (χ1v) is 7.43. The van der Waals surface area contributed by atoms with Gasteiger partial charge in [0.1, 0.15) is 0 Å². The van der Waals surface area contributed by atoms with Crippen molar-refractivity contribution in [2.45, 2.75) is 38.1 Å². The van der Waals surface area contributed by atoms with E-state index in [0.717, 1.165) is 23.8 Å². The van der Waals surface area contributed by atoms with Crippen molar-refractivity contribution in [2.75, 3.05) is 23.8 Å². The molecule has 1 aliphatic heterocycles. The van der Waals surface area contributed by atoms with Crippen LogP contribution in [0.15, 0.2) is 18.2 Å². The molecule has 0 bridgehead atoms. The van der Waals surface area contributed by atoms with Crippen LogP contribution in [0.3, 0.4) is 0 Å². The van der Waals surface area contributed by atoms with Gasteiger partial charge in [0.2, 0.25) is 0 Å². The molecule has 2 atom stereocenters. The highest BCUT2D eigenvalue weighted by molar-refractivity contribution is 5.65. The maximum absolute atomic E-state index is 11.1. The van der Waals surface area contributed by atoms with Crippen molar-refractivity contribution in [3.8, 4) is 0 Å². The second-order valence-corrected chi connectivity index (χ2v) is 5.84. The Hall–Kier alpha value is -1.78. The first-order chi connectivity index (χ1) is 9.69. The summed E-state index contributed by atoms with van der Waals surface area (Å²) in [7, 11) is 1.80. The Morgan fingerprint density at radius 1 is 1.25 bits per heavy atom. The van der Waals surface area contributed by atoms with Crippen LogP contribution in [-0.4, -0.2) is 24.6 Å². The molecule has 0 radical (unpaired) electrons. The van der Waals surface area contributed by atoms with Crippen LogP contribution >= 0.6 is 0 Å². The van der Waals surface area contributed by atoms with E-state index in [-0.39, 0.29) is 10.6 Å². The number of non-ortho nitro benzene ring substituents is 1. The number of hydrogen-bond donors (Lipinski definition) is 1. The zero-order chi connectivity index (χ0) is 14.1. The molecule has 5 heteroatoms. The quantitative estimate of drug-likeness (QED) is 0.678. The van der Waals surface area contributed by atoms with Gasteiger partial charge in [-0.05, 0) is 37.7 Å². The maximum atomic E-state index is 11.1. The Morgan fingerprint density at radius 3 is 2.80 bits per heavy atom. The van der Waals surface area contributed by atoms with Crippen molar-refractivity contribution in [3.63, 3.8) is 0 Å². The molecule has 1 aliphatic carbocycles. The molecule has 2 aliphatic rings. The summed E-state index contributed by atoms with van der Waals surface area (Å²) in [5.74, 6) is 0.779. The molecule has 2 unspecified atom stereocenters. The van der Waals surface area contributed by atoms with Crippen molar-refractivity contribution >= 4 is 17.1 Å². The molecule has 1 aromatic rings. The van der Waals surface area contributed by atoms with Crippen LogP contribution in [0.25, 0.3) is 0 Å². The number of nitro benzene ring substituents is 1. The van der Waals surface area contributed by atoms with E-state index in [4.69, 9.17) is 0 Å². The van der Waals surface area contributed by atoms with E-state index in [1.165, 1.54) is 32.1 Å². The summed E-state index contributed by atoms with van der Waals surface area (Å²) in [6.07, 6.45) is 6.34. The molecule has 1 heterocycles. The molecule has 0 amide bonds. The number of nitro groups is 1. The lowest BCUT2D eigenvalue weighted by molar-refractivity contribution is -0.384. The zero-order valence-corrected chi connectivity index (χ0v) is 11.8. The van der Waals surface area contributed by atoms with Crippen LogP contribution in [0.2, 0.25) is 0 Å². The number of nitrogens with one attached hydrogen (secondary N) is 1. The lowest BCUT2D eigenvalue weighted by atomic mass is 9.91. The van der Waals surface area contributed by atoms with Gasteiger partial charge in [-0.2, -0.15) is 0 Å². The minimum Gasteiger partial charge on any atom is -0.388 e. The van der Waals surface area contributed by atoms with E-state index in [9.17, 15) is 10.1 Å². The molecule has 3 rings (SSSR count). The SMILES string of the molecule is CNc1cc(N2CCCC3CCCC32)cc([N+](=O)[O-])c1. The summed E-state index contributed by atoms with van der Waals surface area (Å²) in [4.78, 5) is 13.2. The van der Waals surface area contributed by atoms with E-state index >= 15 is 0 Å². The summed E-state index contributed by atoms with van der Waals surface area (Å²) in [5.41, 5.74) is 1.99. The standard InChI is InChI=1S/C15H21N3O2/c1-16-12-8-13(10-14(9-12)18(19)20)17-7-3-5-11-4-2-6-15(11)17/h8-11,15-16H,2-7H2,1H3. The molecule has 20 heavy (non-hydrogen) atoms. The molecular formula is C15H21N3O2. The third-order valence-corrected chi connectivity index (χ3v) is 4.73. The summed E-state index contributed by atoms with van der Waals surface area (Å²) < 4.78 is 0. The fourth-order valence-electron chi connectivity index (χ4n) is 3.79. The normalized spacial score (nSPS) is 25.4. The number of hydrogen-bond acceptors (Lipinski definition) is 4. The predicted molar refractivity (Wildman–Crippen MR) is 80.4 cm³/mol. The number of benzene rings is 1. The molecule has 1 aromatic carbocycles. The molecule has 2 fully saturated rings. The van der Waals surface area contributed by atoms with E-state index < -0.39 is 0 Å². The molecule has 1 N–H and O–H groups in total. The Balaban J connectivity index is 1.95. The Labute approximate surface area is 119 Å². The van der Waals surface area contributed by atoms with Gasteiger partial charge >= 0.3 is 0 Å². The number of piperidine rings is 1. The van der Waals surface area contributed by atoms with E-state index in [0.29, 0.717) is 6.04 Å². The first kappa shape index (κ1) is 13.2. The highest BCUT2D eigenvalue weighted by Gasteiger charge is 2.35. The van der Waals surface area contributed by atoms with Crippen molar-refractivity contribution in [1.82, 2.24) is 0 Å². The number of anilines is 2. The van der Waals surface area contributed by atoms with Crippen LogP contribution < -0.4 is 10.2 Å². The van der Waals surface area contributed by atoms with Crippen LogP contribution in [-0.2, 0) is 0 Å². The topological polar surface area (TPSA) is 58.4 Å². The van der Waals surface area contributed by atoms with Crippen molar-refractivity contribution < 1.29 is 4.92 Å². The molecule has 108 valence electrons. The molecule has 1 saturated heterocycles. The van der Waals surface area contributed by atoms with E-state index in [2.05, 4.69) is 10.2 Å². The van der Waals surface area contributed by atoms with Gasteiger partial charge < -0.3 is 10.2 Å². The van der Waals surface area contributed by atoms with Gasteiger partial charge in [0.05, 0.1) is 4.92 Å². The Bertz CT molecular complexity index is 518. The van der Waals surface area contributed by atoms with Gasteiger partial charge in [-0.3, -0.25) is 10.1 Å². The second-order valence-electron chi connectivity index (χ2n) is 5.84. The fourth-order valence-corrected chi connectivity index (χ4v) is 3.79. The lowest BCUT2D eigenvalue weighted by Gasteiger charge is -2.39. The zero-order valence-electron chi connectivity index (χ0n) is 11.8. The molecular weight excluding hydrogens is 254 g/mol. The van der Waals surface area contributed by atoms with Gasteiger partial charge in [0.15, 0.2) is 0 Å². The number of fused-ring (bicyclic) bond motifs is 1. The average molecular weight is 275 g/mol. The Kier molecular flexibility index (Phi) is 3.51. The van der Waals surface area contributed by atoms with E-state index in [1.54, 1.807) is 19.2 Å². The monoisotopic (exact) mass is 275 g/mol. The van der Waals surface area contributed by atoms with Crippen LogP contribution in [0.4, 0.5) is 17.1 Å². The second kappa shape index (κ2) is 5.31. The van der Waals surface area contributed by atoms with Crippen molar-refractivity contribution in [1.29, 1.82) is 0 Å². The summed E-state index contributed by atoms with van der Waals surface area (Å²) >= 11 is 0. The van der Waals surface area contributed by atoms with Gasteiger partial charge in [-0.1, -0.05) is 6.42 Å². The molecule has 1 saturated carbocycles. The molecule has 5 nitrogen and oxygen atoms in total. The smallest absolute Gasteiger partial charge is 0.273 e. The third-order valence-electron chi connectivity index (χ3n) is 4.73. The van der Waals surface area contributed by atoms with Crippen LogP contribution in [0.5, 0.6) is 0 Å². The third kappa shape index (κ3) is 2.32. The maximum Gasteiger partial charge on any atom is 0.273 e. The summed E-state index contributed by atoms with van der Waals surface area (Å²) in [5, 5.41) is 14.1. The van der Waals surface area contributed by atoms with Gasteiger partial charge in [0, 0.05) is 43.1 Å². The highest BCUT2D eigenvalue weighted by atomic mass is 16.6. The lowest BCUT2D eigenvalue weighted by Crippen LogP contribution is -2.42. The van der Waals surface area contributed by atoms with Crippen LogP contribution in [0.1, 0.15) is 32.1 Å². The summed E-state index contributed by atoms with van der Waals surface area (Å²) in [6, 6.07) is 5.94. The average Bonchev–Trinajstić information content (AvgIpc) is 2.94. The van der Waals surface area contributed by atoms with Crippen molar-refractivity contribution in [2.24, 2.45) is 5.92 Å². The minimum atomic E-state index is -0.305. The number of nitrogens with zero attached hydrogens (tertiary/aromatic N) is 2. The molecule has 0 spiro atoms. The van der Waals surface area contributed by atoms with Crippen LogP contribution in [0, 0.1) is 16.0 Å². The largest absolute Gasteiger partial charge is 0.388 e. The fraction of sp³-hybridized carbons (Fsp3) is 0.600. The molecule has 0 aromatic heterocycles. The van der Waals surface area contributed by atoms with Gasteiger partial charge in [0.25, 0.3) is 5.69 Å². The predicted octanol–water partition coefficient (Wildman–Crippen LogP) is 3.41. The Morgan fingerprint density at radius 2 is 2.05 bits per heavy atom. The van der Waals surface area contributed by atoms with Gasteiger partial charge in [-0.15, -0.1) is 0 Å². The van der Waals surface area contributed by atoms with Gasteiger partial charge in [-0.25, -0.2) is 0 Å². The van der Waals surface area contributed by atoms with Crippen molar-refractivity contribution in [3.05, 3.63) is 28.3 Å². The van der Waals surface area contributed by atoms with E-state index in [1.807, 2.05) is 6.07 Å².